The van der Waals surface area contributed by atoms with E-state index in [4.69, 9.17) is 9.47 Å². The lowest BCUT2D eigenvalue weighted by Gasteiger charge is -2.28. The number of rotatable bonds is 7. The molecule has 0 aliphatic heterocycles. The van der Waals surface area contributed by atoms with Crippen LogP contribution in [0, 0.1) is 5.92 Å². The average Bonchev–Trinajstić information content (AvgIpc) is 2.54. The molecule has 1 aliphatic rings. The zero-order valence-corrected chi connectivity index (χ0v) is 13.6. The van der Waals surface area contributed by atoms with Crippen LogP contribution in [0.1, 0.15) is 48.5 Å². The molecule has 0 unspecified atom stereocenters. The number of carbonyl (C=O) groups is 1. The monoisotopic (exact) mass is 305 g/mol. The van der Waals surface area contributed by atoms with Crippen molar-refractivity contribution in [3.63, 3.8) is 0 Å². The molecule has 0 spiro atoms. The molecule has 2 atom stereocenters. The lowest BCUT2D eigenvalue weighted by atomic mass is 9.88. The van der Waals surface area contributed by atoms with E-state index in [-0.39, 0.29) is 5.91 Å². The molecule has 1 aliphatic carbocycles. The maximum Gasteiger partial charge on any atom is 0.251 e. The molecule has 0 heterocycles. The normalized spacial score (nSPS) is 21.5. The second kappa shape index (κ2) is 8.91. The summed E-state index contributed by atoms with van der Waals surface area (Å²) in [7, 11) is 1.66. The Morgan fingerprint density at radius 3 is 2.64 bits per heavy atom. The van der Waals surface area contributed by atoms with Crippen molar-refractivity contribution in [2.75, 3.05) is 20.3 Å². The molecule has 4 heteroatoms. The lowest BCUT2D eigenvalue weighted by molar-refractivity contribution is -0.00293. The standard InChI is InChI=1S/C18H27NO3/c1-14-5-3-4-6-17(14)22-12-11-19-18(20)16-9-7-15(8-10-16)13-21-2/h7-10,14,17H,3-6,11-13H2,1-2H3,(H,19,20)/t14-,17+/m1/s1. The predicted octanol–water partition coefficient (Wildman–Crippen LogP) is 3.16. The van der Waals surface area contributed by atoms with Gasteiger partial charge >= 0.3 is 0 Å². The Kier molecular flexibility index (Phi) is 6.87. The SMILES string of the molecule is COCc1ccc(C(=O)NCCO[C@H]2CCCC[C@H]2C)cc1. The number of methoxy groups -OCH3 is 1. The van der Waals surface area contributed by atoms with Crippen molar-refractivity contribution in [3.8, 4) is 0 Å². The second-order valence-corrected chi connectivity index (χ2v) is 6.06. The Bertz CT molecular complexity index is 458. The summed E-state index contributed by atoms with van der Waals surface area (Å²) in [6.07, 6.45) is 5.34. The molecule has 22 heavy (non-hydrogen) atoms. The minimum absolute atomic E-state index is 0.0516. The number of amides is 1. The van der Waals surface area contributed by atoms with Gasteiger partial charge in [-0.3, -0.25) is 4.79 Å². The van der Waals surface area contributed by atoms with Crippen LogP contribution in [-0.4, -0.2) is 32.3 Å². The zero-order chi connectivity index (χ0) is 15.8. The molecular weight excluding hydrogens is 278 g/mol. The van der Waals surface area contributed by atoms with E-state index in [1.54, 1.807) is 7.11 Å². The largest absolute Gasteiger partial charge is 0.380 e. The first-order chi connectivity index (χ1) is 10.7. The molecule has 1 N–H and O–H groups in total. The molecule has 1 amide bonds. The first-order valence-electron chi connectivity index (χ1n) is 8.18. The first-order valence-corrected chi connectivity index (χ1v) is 8.18. The molecule has 1 saturated carbocycles. The van der Waals surface area contributed by atoms with E-state index in [9.17, 15) is 4.79 Å². The Hall–Kier alpha value is -1.39. The number of hydrogen-bond acceptors (Lipinski definition) is 3. The van der Waals surface area contributed by atoms with E-state index in [0.29, 0.717) is 37.3 Å². The highest BCUT2D eigenvalue weighted by atomic mass is 16.5. The Balaban J connectivity index is 1.68. The van der Waals surface area contributed by atoms with Crippen LogP contribution in [0.15, 0.2) is 24.3 Å². The number of carbonyl (C=O) groups excluding carboxylic acids is 1. The smallest absolute Gasteiger partial charge is 0.251 e. The average molecular weight is 305 g/mol. The van der Waals surface area contributed by atoms with Gasteiger partial charge in [0.05, 0.1) is 19.3 Å². The van der Waals surface area contributed by atoms with Crippen molar-refractivity contribution < 1.29 is 14.3 Å². The second-order valence-electron chi connectivity index (χ2n) is 6.06. The van der Waals surface area contributed by atoms with Crippen LogP contribution < -0.4 is 5.32 Å². The highest BCUT2D eigenvalue weighted by Crippen LogP contribution is 2.25. The fourth-order valence-electron chi connectivity index (χ4n) is 2.93. The first kappa shape index (κ1) is 17.0. The molecular formula is C18H27NO3. The van der Waals surface area contributed by atoms with Gasteiger partial charge in [0, 0.05) is 19.2 Å². The van der Waals surface area contributed by atoms with Crippen molar-refractivity contribution in [2.45, 2.75) is 45.3 Å². The molecule has 1 aromatic rings. The molecule has 1 aromatic carbocycles. The van der Waals surface area contributed by atoms with Gasteiger partial charge in [0.2, 0.25) is 0 Å². The molecule has 0 radical (unpaired) electrons. The van der Waals surface area contributed by atoms with Gasteiger partial charge in [-0.15, -0.1) is 0 Å². The van der Waals surface area contributed by atoms with Crippen molar-refractivity contribution in [1.82, 2.24) is 5.32 Å². The van der Waals surface area contributed by atoms with Crippen LogP contribution in [0.2, 0.25) is 0 Å². The number of hydrogen-bond donors (Lipinski definition) is 1. The summed E-state index contributed by atoms with van der Waals surface area (Å²) in [5.74, 6) is 0.585. The van der Waals surface area contributed by atoms with Gasteiger partial charge in [0.15, 0.2) is 0 Å². The molecule has 2 rings (SSSR count). The van der Waals surface area contributed by atoms with E-state index in [1.807, 2.05) is 24.3 Å². The molecule has 0 saturated heterocycles. The van der Waals surface area contributed by atoms with Crippen molar-refractivity contribution in [2.24, 2.45) is 5.92 Å². The fourth-order valence-corrected chi connectivity index (χ4v) is 2.93. The molecule has 122 valence electrons. The van der Waals surface area contributed by atoms with Gasteiger partial charge < -0.3 is 14.8 Å². The summed E-state index contributed by atoms with van der Waals surface area (Å²) in [5, 5.41) is 2.91. The number of nitrogens with one attached hydrogen (secondary N) is 1. The third kappa shape index (κ3) is 5.11. The summed E-state index contributed by atoms with van der Waals surface area (Å²) < 4.78 is 11.0. The summed E-state index contributed by atoms with van der Waals surface area (Å²) in [4.78, 5) is 12.0. The van der Waals surface area contributed by atoms with Crippen LogP contribution in [0.25, 0.3) is 0 Å². The maximum atomic E-state index is 12.0. The van der Waals surface area contributed by atoms with E-state index >= 15 is 0 Å². The van der Waals surface area contributed by atoms with E-state index < -0.39 is 0 Å². The van der Waals surface area contributed by atoms with Crippen LogP contribution in [0.3, 0.4) is 0 Å². The van der Waals surface area contributed by atoms with Crippen LogP contribution in [0.4, 0.5) is 0 Å². The number of ether oxygens (including phenoxy) is 2. The molecule has 1 fully saturated rings. The van der Waals surface area contributed by atoms with Gasteiger partial charge in [-0.1, -0.05) is 31.9 Å². The number of benzene rings is 1. The minimum atomic E-state index is -0.0516. The van der Waals surface area contributed by atoms with E-state index in [0.717, 1.165) is 12.0 Å². The lowest BCUT2D eigenvalue weighted by Crippen LogP contribution is -2.31. The van der Waals surface area contributed by atoms with Gasteiger partial charge in [-0.05, 0) is 36.5 Å². The highest BCUT2D eigenvalue weighted by Gasteiger charge is 2.21. The predicted molar refractivity (Wildman–Crippen MR) is 86.9 cm³/mol. The highest BCUT2D eigenvalue weighted by molar-refractivity contribution is 5.94. The van der Waals surface area contributed by atoms with Crippen LogP contribution >= 0.6 is 0 Å². The summed E-state index contributed by atoms with van der Waals surface area (Å²) in [5.41, 5.74) is 1.74. The molecule has 0 bridgehead atoms. The Morgan fingerprint density at radius 1 is 1.23 bits per heavy atom. The quantitative estimate of drug-likeness (QED) is 0.787. The Morgan fingerprint density at radius 2 is 1.95 bits per heavy atom. The van der Waals surface area contributed by atoms with Crippen LogP contribution in [-0.2, 0) is 16.1 Å². The summed E-state index contributed by atoms with van der Waals surface area (Å²) >= 11 is 0. The van der Waals surface area contributed by atoms with E-state index in [1.165, 1.54) is 19.3 Å². The van der Waals surface area contributed by atoms with Crippen molar-refractivity contribution in [1.29, 1.82) is 0 Å². The van der Waals surface area contributed by atoms with Gasteiger partial charge in [0.1, 0.15) is 0 Å². The summed E-state index contributed by atoms with van der Waals surface area (Å²) in [6.45, 7) is 3.96. The topological polar surface area (TPSA) is 47.6 Å². The maximum absolute atomic E-state index is 12.0. The summed E-state index contributed by atoms with van der Waals surface area (Å²) in [6, 6.07) is 7.48. The van der Waals surface area contributed by atoms with E-state index in [2.05, 4.69) is 12.2 Å². The molecule has 4 nitrogen and oxygen atoms in total. The third-order valence-corrected chi connectivity index (χ3v) is 4.28. The van der Waals surface area contributed by atoms with Gasteiger partial charge in [-0.25, -0.2) is 0 Å². The molecule has 0 aromatic heterocycles. The fraction of sp³-hybridized carbons (Fsp3) is 0.611. The minimum Gasteiger partial charge on any atom is -0.380 e. The van der Waals surface area contributed by atoms with Gasteiger partial charge in [-0.2, -0.15) is 0 Å². The van der Waals surface area contributed by atoms with Gasteiger partial charge in [0.25, 0.3) is 5.91 Å². The van der Waals surface area contributed by atoms with Crippen molar-refractivity contribution in [3.05, 3.63) is 35.4 Å². The third-order valence-electron chi connectivity index (χ3n) is 4.28. The van der Waals surface area contributed by atoms with Crippen molar-refractivity contribution >= 4 is 5.91 Å². The Labute approximate surface area is 133 Å². The zero-order valence-electron chi connectivity index (χ0n) is 13.6. The van der Waals surface area contributed by atoms with Crippen LogP contribution in [0.5, 0.6) is 0 Å².